The molecule has 5 nitrogen and oxygen atoms in total. The van der Waals surface area contributed by atoms with Crippen molar-refractivity contribution < 1.29 is 25.2 Å². The van der Waals surface area contributed by atoms with Crippen molar-refractivity contribution in [3.63, 3.8) is 0 Å². The third-order valence-corrected chi connectivity index (χ3v) is 2.40. The largest absolute Gasteiger partial charge is 0.394 e. The van der Waals surface area contributed by atoms with E-state index < -0.39 is 30.0 Å². The van der Waals surface area contributed by atoms with Crippen molar-refractivity contribution in [2.45, 2.75) is 43.9 Å². The Hall–Kier alpha value is -0.200. The summed E-state index contributed by atoms with van der Waals surface area (Å²) in [6, 6.07) is 0. The predicted octanol–water partition coefficient (Wildman–Crippen LogP) is -1.76. The predicted molar refractivity (Wildman–Crippen MR) is 44.1 cm³/mol. The van der Waals surface area contributed by atoms with Crippen LogP contribution in [0.2, 0.25) is 0 Å². The molecule has 0 aromatic heterocycles. The molecule has 0 saturated carbocycles. The summed E-state index contributed by atoms with van der Waals surface area (Å²) < 4.78 is 5.21. The molecule has 5 heteroatoms. The topological polar surface area (TPSA) is 90.2 Å². The van der Waals surface area contributed by atoms with E-state index >= 15 is 0 Å². The van der Waals surface area contributed by atoms with E-state index in [1.807, 2.05) is 0 Å². The molecule has 1 heterocycles. The molecular weight excluding hydrogens is 176 g/mol. The summed E-state index contributed by atoms with van der Waals surface area (Å²) >= 11 is 0. The number of hydrogen-bond acceptors (Lipinski definition) is 5. The Balaban J connectivity index is 2.79. The van der Waals surface area contributed by atoms with Crippen molar-refractivity contribution in [2.24, 2.45) is 0 Å². The van der Waals surface area contributed by atoms with E-state index in [4.69, 9.17) is 9.84 Å². The Bertz CT molecular complexity index is 179. The second kappa shape index (κ2) is 3.51. The van der Waals surface area contributed by atoms with Gasteiger partial charge in [0.25, 0.3) is 0 Å². The molecule has 1 aliphatic rings. The molecule has 1 fully saturated rings. The normalized spacial score (nSPS) is 44.8. The Morgan fingerprint density at radius 2 is 1.69 bits per heavy atom. The second-order valence-electron chi connectivity index (χ2n) is 3.87. The fourth-order valence-electron chi connectivity index (χ4n) is 1.49. The zero-order valence-electron chi connectivity index (χ0n) is 7.71. The molecule has 1 saturated heterocycles. The highest BCUT2D eigenvalue weighted by Crippen LogP contribution is 2.28. The smallest absolute Gasteiger partial charge is 0.111 e. The molecule has 0 bridgehead atoms. The zero-order chi connectivity index (χ0) is 10.2. The minimum Gasteiger partial charge on any atom is -0.394 e. The Labute approximate surface area is 76.6 Å². The molecule has 4 atom stereocenters. The fraction of sp³-hybridized carbons (Fsp3) is 1.00. The molecule has 4 N–H and O–H groups in total. The van der Waals surface area contributed by atoms with Gasteiger partial charge in [-0.05, 0) is 13.8 Å². The van der Waals surface area contributed by atoms with Gasteiger partial charge in [-0.25, -0.2) is 0 Å². The number of aliphatic hydroxyl groups excluding tert-OH is 4. The van der Waals surface area contributed by atoms with E-state index in [1.54, 1.807) is 13.8 Å². The highest BCUT2D eigenvalue weighted by molar-refractivity contribution is 4.96. The van der Waals surface area contributed by atoms with Gasteiger partial charge in [0.1, 0.15) is 24.4 Å². The van der Waals surface area contributed by atoms with Crippen molar-refractivity contribution in [3.05, 3.63) is 0 Å². The SMILES string of the molecule is CC1(C)OC(CO)[C@@H](O)C(O)[C@H]1O. The number of rotatable bonds is 1. The van der Waals surface area contributed by atoms with Gasteiger partial charge in [0.05, 0.1) is 12.2 Å². The molecule has 0 aromatic rings. The van der Waals surface area contributed by atoms with Gasteiger partial charge in [-0.1, -0.05) is 0 Å². The molecule has 0 radical (unpaired) electrons. The Morgan fingerprint density at radius 1 is 1.15 bits per heavy atom. The fourth-order valence-corrected chi connectivity index (χ4v) is 1.49. The number of ether oxygens (including phenoxy) is 1. The third-order valence-electron chi connectivity index (χ3n) is 2.40. The van der Waals surface area contributed by atoms with Crippen molar-refractivity contribution in [1.82, 2.24) is 0 Å². The Morgan fingerprint density at radius 3 is 2.15 bits per heavy atom. The minimum absolute atomic E-state index is 0.381. The van der Waals surface area contributed by atoms with Crippen LogP contribution in [-0.2, 0) is 4.74 Å². The summed E-state index contributed by atoms with van der Waals surface area (Å²) in [6.07, 6.45) is -4.51. The van der Waals surface area contributed by atoms with E-state index in [1.165, 1.54) is 0 Å². The van der Waals surface area contributed by atoms with Crippen molar-refractivity contribution in [3.8, 4) is 0 Å². The maximum absolute atomic E-state index is 9.47. The lowest BCUT2D eigenvalue weighted by Crippen LogP contribution is -2.62. The van der Waals surface area contributed by atoms with E-state index in [-0.39, 0.29) is 6.61 Å². The van der Waals surface area contributed by atoms with Crippen LogP contribution >= 0.6 is 0 Å². The standard InChI is InChI=1S/C8H16O5/c1-8(2)7(12)6(11)5(10)4(3-9)13-8/h4-7,9-12H,3H2,1-2H3/t4?,5-,6?,7-/m1/s1. The van der Waals surface area contributed by atoms with E-state index in [2.05, 4.69) is 0 Å². The number of aliphatic hydroxyl groups is 4. The molecule has 0 aromatic carbocycles. The van der Waals surface area contributed by atoms with Crippen LogP contribution in [0.1, 0.15) is 13.8 Å². The maximum atomic E-state index is 9.47. The van der Waals surface area contributed by atoms with Crippen molar-refractivity contribution >= 4 is 0 Å². The van der Waals surface area contributed by atoms with Gasteiger partial charge in [-0.2, -0.15) is 0 Å². The molecule has 0 aliphatic carbocycles. The molecule has 78 valence electrons. The third kappa shape index (κ3) is 1.84. The number of hydrogen-bond donors (Lipinski definition) is 4. The Kier molecular flexibility index (Phi) is 2.94. The van der Waals surface area contributed by atoms with Gasteiger partial charge in [0, 0.05) is 0 Å². The van der Waals surface area contributed by atoms with E-state index in [0.29, 0.717) is 0 Å². The first kappa shape index (κ1) is 10.9. The molecule has 1 aliphatic heterocycles. The maximum Gasteiger partial charge on any atom is 0.111 e. The second-order valence-corrected chi connectivity index (χ2v) is 3.87. The lowest BCUT2D eigenvalue weighted by molar-refractivity contribution is -0.262. The molecular formula is C8H16O5. The monoisotopic (exact) mass is 192 g/mol. The first-order valence-electron chi connectivity index (χ1n) is 4.23. The van der Waals surface area contributed by atoms with Crippen LogP contribution < -0.4 is 0 Å². The van der Waals surface area contributed by atoms with Gasteiger partial charge in [0.2, 0.25) is 0 Å². The van der Waals surface area contributed by atoms with Crippen LogP contribution in [0.4, 0.5) is 0 Å². The van der Waals surface area contributed by atoms with Crippen LogP contribution in [0, 0.1) is 0 Å². The molecule has 0 amide bonds. The van der Waals surface area contributed by atoms with Crippen LogP contribution in [0.3, 0.4) is 0 Å². The lowest BCUT2D eigenvalue weighted by atomic mass is 9.87. The summed E-state index contributed by atoms with van der Waals surface area (Å²) in [7, 11) is 0. The van der Waals surface area contributed by atoms with Crippen LogP contribution in [0.5, 0.6) is 0 Å². The summed E-state index contributed by atoms with van der Waals surface area (Å²) in [5.41, 5.74) is -0.952. The summed E-state index contributed by atoms with van der Waals surface area (Å²) in [5, 5.41) is 37.0. The summed E-state index contributed by atoms with van der Waals surface area (Å²) in [4.78, 5) is 0. The first-order chi connectivity index (χ1) is 5.90. The molecule has 1 rings (SSSR count). The van der Waals surface area contributed by atoms with Gasteiger partial charge in [-0.15, -0.1) is 0 Å². The summed E-state index contributed by atoms with van der Waals surface area (Å²) in [6.45, 7) is 2.80. The van der Waals surface area contributed by atoms with Crippen molar-refractivity contribution in [1.29, 1.82) is 0 Å². The van der Waals surface area contributed by atoms with Gasteiger partial charge >= 0.3 is 0 Å². The highest BCUT2D eigenvalue weighted by atomic mass is 16.6. The molecule has 2 unspecified atom stereocenters. The van der Waals surface area contributed by atoms with E-state index in [0.717, 1.165) is 0 Å². The zero-order valence-corrected chi connectivity index (χ0v) is 7.71. The minimum atomic E-state index is -1.28. The van der Waals surface area contributed by atoms with Crippen molar-refractivity contribution in [2.75, 3.05) is 6.61 Å². The first-order valence-corrected chi connectivity index (χ1v) is 4.23. The van der Waals surface area contributed by atoms with Gasteiger partial charge < -0.3 is 25.2 Å². The van der Waals surface area contributed by atoms with Crippen LogP contribution in [0.15, 0.2) is 0 Å². The lowest BCUT2D eigenvalue weighted by Gasteiger charge is -2.45. The van der Waals surface area contributed by atoms with Crippen LogP contribution in [-0.4, -0.2) is 57.0 Å². The molecule has 0 spiro atoms. The van der Waals surface area contributed by atoms with Gasteiger partial charge in [0.15, 0.2) is 0 Å². The highest BCUT2D eigenvalue weighted by Gasteiger charge is 2.47. The molecule has 13 heavy (non-hydrogen) atoms. The van der Waals surface area contributed by atoms with Crippen LogP contribution in [0.25, 0.3) is 0 Å². The summed E-state index contributed by atoms with van der Waals surface area (Å²) in [5.74, 6) is 0. The average Bonchev–Trinajstić information content (AvgIpc) is 2.08. The van der Waals surface area contributed by atoms with Gasteiger partial charge in [-0.3, -0.25) is 0 Å². The average molecular weight is 192 g/mol. The van der Waals surface area contributed by atoms with E-state index in [9.17, 15) is 15.3 Å². The quantitative estimate of drug-likeness (QED) is 0.395.